The van der Waals surface area contributed by atoms with Crippen molar-refractivity contribution in [2.75, 3.05) is 5.32 Å². The highest BCUT2D eigenvalue weighted by Gasteiger charge is 2.24. The summed E-state index contributed by atoms with van der Waals surface area (Å²) in [6.45, 7) is 5.23. The van der Waals surface area contributed by atoms with Crippen LogP contribution >= 0.6 is 22.7 Å². The molecule has 0 spiro atoms. The molecule has 2 heterocycles. The van der Waals surface area contributed by atoms with Crippen molar-refractivity contribution < 1.29 is 19.1 Å². The van der Waals surface area contributed by atoms with Gasteiger partial charge in [-0.25, -0.2) is 9.78 Å². The van der Waals surface area contributed by atoms with Crippen LogP contribution in [0, 0.1) is 6.92 Å². The van der Waals surface area contributed by atoms with E-state index in [2.05, 4.69) is 10.3 Å². The minimum Gasteiger partial charge on any atom is -0.450 e. The molecule has 0 saturated heterocycles. The van der Waals surface area contributed by atoms with Gasteiger partial charge in [-0.3, -0.25) is 9.59 Å². The largest absolute Gasteiger partial charge is 0.450 e. The number of anilines is 1. The molecule has 1 aromatic carbocycles. The third-order valence-electron chi connectivity index (χ3n) is 4.33. The standard InChI is InChI=1S/C22H22N2O4S2/c1-4-5-18(25)24-17-8-6-15(7-9-17)19(26)14(3)28-22(27)20-13(2)23-21(30-20)16-10-11-29-12-16/h6-12,14H,4-5H2,1-3H3,(H,24,25). The minimum atomic E-state index is -0.941. The van der Waals surface area contributed by atoms with Gasteiger partial charge in [0.15, 0.2) is 6.10 Å². The molecular weight excluding hydrogens is 420 g/mol. The Balaban J connectivity index is 1.64. The second kappa shape index (κ2) is 9.77. The molecule has 1 amide bonds. The molecule has 3 aromatic rings. The van der Waals surface area contributed by atoms with Crippen LogP contribution < -0.4 is 5.32 Å². The molecule has 0 bridgehead atoms. The summed E-state index contributed by atoms with van der Waals surface area (Å²) in [5, 5.41) is 7.44. The van der Waals surface area contributed by atoms with Gasteiger partial charge in [-0.2, -0.15) is 11.3 Å². The molecule has 0 radical (unpaired) electrons. The summed E-state index contributed by atoms with van der Waals surface area (Å²) in [5.74, 6) is -0.939. The molecule has 30 heavy (non-hydrogen) atoms. The number of nitrogens with one attached hydrogen (secondary N) is 1. The number of ketones is 1. The fourth-order valence-corrected chi connectivity index (χ4v) is 4.43. The van der Waals surface area contributed by atoms with E-state index >= 15 is 0 Å². The third kappa shape index (κ3) is 5.20. The fraction of sp³-hybridized carbons (Fsp3) is 0.273. The van der Waals surface area contributed by atoms with Crippen molar-refractivity contribution in [3.05, 3.63) is 57.2 Å². The summed E-state index contributed by atoms with van der Waals surface area (Å²) in [5.41, 5.74) is 2.57. The number of hydrogen-bond donors (Lipinski definition) is 1. The number of carbonyl (C=O) groups excluding carboxylic acids is 3. The zero-order valence-corrected chi connectivity index (χ0v) is 18.6. The van der Waals surface area contributed by atoms with E-state index in [1.165, 1.54) is 11.3 Å². The van der Waals surface area contributed by atoms with E-state index in [1.807, 2.05) is 23.8 Å². The van der Waals surface area contributed by atoms with E-state index in [1.54, 1.807) is 49.4 Å². The molecule has 8 heteroatoms. The lowest BCUT2D eigenvalue weighted by atomic mass is 10.1. The molecule has 0 aliphatic rings. The van der Waals surface area contributed by atoms with Crippen LogP contribution in [0.5, 0.6) is 0 Å². The molecule has 156 valence electrons. The Kier molecular flexibility index (Phi) is 7.12. The van der Waals surface area contributed by atoms with Crippen LogP contribution in [0.2, 0.25) is 0 Å². The number of thiophene rings is 1. The first-order chi connectivity index (χ1) is 14.4. The first kappa shape index (κ1) is 21.9. The maximum Gasteiger partial charge on any atom is 0.350 e. The lowest BCUT2D eigenvalue weighted by Crippen LogP contribution is -2.24. The number of thiazole rings is 1. The number of aryl methyl sites for hydroxylation is 1. The van der Waals surface area contributed by atoms with Crippen LogP contribution in [0.1, 0.15) is 52.4 Å². The van der Waals surface area contributed by atoms with E-state index in [9.17, 15) is 14.4 Å². The molecule has 0 aliphatic heterocycles. The van der Waals surface area contributed by atoms with Gasteiger partial charge in [-0.15, -0.1) is 11.3 Å². The van der Waals surface area contributed by atoms with E-state index in [4.69, 9.17) is 4.74 Å². The minimum absolute atomic E-state index is 0.0689. The summed E-state index contributed by atoms with van der Waals surface area (Å²) in [7, 11) is 0. The van der Waals surface area contributed by atoms with Gasteiger partial charge >= 0.3 is 5.97 Å². The monoisotopic (exact) mass is 442 g/mol. The number of amides is 1. The van der Waals surface area contributed by atoms with Crippen LogP contribution in [-0.2, 0) is 9.53 Å². The number of aromatic nitrogens is 1. The average molecular weight is 443 g/mol. The average Bonchev–Trinajstić information content (AvgIpc) is 3.37. The van der Waals surface area contributed by atoms with Gasteiger partial charge in [0, 0.05) is 28.6 Å². The molecule has 0 fully saturated rings. The van der Waals surface area contributed by atoms with Gasteiger partial charge < -0.3 is 10.1 Å². The normalized spacial score (nSPS) is 11.7. The Morgan fingerprint density at radius 1 is 1.17 bits per heavy atom. The smallest absolute Gasteiger partial charge is 0.350 e. The summed E-state index contributed by atoms with van der Waals surface area (Å²) in [6.07, 6.45) is 0.266. The van der Waals surface area contributed by atoms with E-state index in [-0.39, 0.29) is 11.7 Å². The molecule has 1 atom stereocenters. The summed E-state index contributed by atoms with van der Waals surface area (Å²) < 4.78 is 5.41. The molecular formula is C22H22N2O4S2. The van der Waals surface area contributed by atoms with Crippen molar-refractivity contribution in [1.29, 1.82) is 0 Å². The highest BCUT2D eigenvalue weighted by Crippen LogP contribution is 2.30. The number of hydrogen-bond acceptors (Lipinski definition) is 7. The van der Waals surface area contributed by atoms with Crippen molar-refractivity contribution in [3.63, 3.8) is 0 Å². The fourth-order valence-electron chi connectivity index (χ4n) is 2.77. The van der Waals surface area contributed by atoms with Gasteiger partial charge in [0.25, 0.3) is 0 Å². The number of ether oxygens (including phenoxy) is 1. The Bertz CT molecular complexity index is 1040. The lowest BCUT2D eigenvalue weighted by Gasteiger charge is -2.12. The Morgan fingerprint density at radius 3 is 2.53 bits per heavy atom. The molecule has 2 aromatic heterocycles. The molecule has 1 unspecified atom stereocenters. The van der Waals surface area contributed by atoms with Gasteiger partial charge in [-0.05, 0) is 56.0 Å². The maximum absolute atomic E-state index is 12.6. The quantitative estimate of drug-likeness (QED) is 0.376. The molecule has 3 rings (SSSR count). The third-order valence-corrected chi connectivity index (χ3v) is 6.20. The van der Waals surface area contributed by atoms with E-state index in [0.29, 0.717) is 28.2 Å². The molecule has 1 N–H and O–H groups in total. The van der Waals surface area contributed by atoms with Crippen LogP contribution in [-0.4, -0.2) is 28.7 Å². The van der Waals surface area contributed by atoms with Crippen LogP contribution in [0.25, 0.3) is 10.6 Å². The lowest BCUT2D eigenvalue weighted by molar-refractivity contribution is -0.116. The van der Waals surface area contributed by atoms with Crippen molar-refractivity contribution in [3.8, 4) is 10.6 Å². The first-order valence-corrected chi connectivity index (χ1v) is 11.3. The number of esters is 1. The second-order valence-corrected chi connectivity index (χ2v) is 8.51. The number of Topliss-reactive ketones (excluding diaryl/α,β-unsaturated/α-hetero) is 1. The summed E-state index contributed by atoms with van der Waals surface area (Å²) in [4.78, 5) is 41.7. The van der Waals surface area contributed by atoms with E-state index < -0.39 is 12.1 Å². The Morgan fingerprint density at radius 2 is 1.90 bits per heavy atom. The number of carbonyl (C=O) groups is 3. The summed E-state index contributed by atoms with van der Waals surface area (Å²) >= 11 is 2.82. The highest BCUT2D eigenvalue weighted by molar-refractivity contribution is 7.17. The molecule has 0 aliphatic carbocycles. The predicted molar refractivity (Wildman–Crippen MR) is 119 cm³/mol. The van der Waals surface area contributed by atoms with Crippen LogP contribution in [0.4, 0.5) is 5.69 Å². The SMILES string of the molecule is CCCC(=O)Nc1ccc(C(=O)C(C)OC(=O)c2sc(-c3ccsc3)nc2C)cc1. The predicted octanol–water partition coefficient (Wildman–Crippen LogP) is 5.35. The van der Waals surface area contributed by atoms with Crippen LogP contribution in [0.15, 0.2) is 41.1 Å². The first-order valence-electron chi connectivity index (χ1n) is 9.54. The molecule has 6 nitrogen and oxygen atoms in total. The highest BCUT2D eigenvalue weighted by atomic mass is 32.1. The second-order valence-electron chi connectivity index (χ2n) is 6.73. The zero-order valence-electron chi connectivity index (χ0n) is 16.9. The van der Waals surface area contributed by atoms with Crippen molar-refractivity contribution in [1.82, 2.24) is 4.98 Å². The molecule has 0 saturated carbocycles. The van der Waals surface area contributed by atoms with Crippen molar-refractivity contribution in [2.24, 2.45) is 0 Å². The number of rotatable bonds is 8. The van der Waals surface area contributed by atoms with Crippen molar-refractivity contribution in [2.45, 2.75) is 39.7 Å². The summed E-state index contributed by atoms with van der Waals surface area (Å²) in [6, 6.07) is 8.49. The van der Waals surface area contributed by atoms with Gasteiger partial charge in [0.05, 0.1) is 5.69 Å². The number of benzene rings is 1. The number of nitrogens with zero attached hydrogens (tertiary/aromatic N) is 1. The van der Waals surface area contributed by atoms with Gasteiger partial charge in [0.2, 0.25) is 11.7 Å². The topological polar surface area (TPSA) is 85.4 Å². The Hall–Kier alpha value is -2.84. The van der Waals surface area contributed by atoms with E-state index in [0.717, 1.165) is 17.0 Å². The van der Waals surface area contributed by atoms with Crippen LogP contribution in [0.3, 0.4) is 0 Å². The maximum atomic E-state index is 12.6. The van der Waals surface area contributed by atoms with Gasteiger partial charge in [0.1, 0.15) is 9.88 Å². The van der Waals surface area contributed by atoms with Crippen molar-refractivity contribution >= 4 is 46.0 Å². The Labute approximate surface area is 182 Å². The van der Waals surface area contributed by atoms with Gasteiger partial charge in [-0.1, -0.05) is 6.92 Å². The zero-order chi connectivity index (χ0) is 21.7.